The van der Waals surface area contributed by atoms with E-state index in [1.54, 1.807) is 17.0 Å². The molecule has 0 aromatic heterocycles. The third kappa shape index (κ3) is 2.93. The van der Waals surface area contributed by atoms with Crippen LogP contribution in [0.2, 0.25) is 5.02 Å². The van der Waals surface area contributed by atoms with Gasteiger partial charge in [0, 0.05) is 6.54 Å². The van der Waals surface area contributed by atoms with Crippen molar-refractivity contribution in [1.82, 2.24) is 0 Å². The first-order valence-corrected chi connectivity index (χ1v) is 6.85. The van der Waals surface area contributed by atoms with E-state index in [4.69, 9.17) is 16.3 Å². The Hall–Kier alpha value is -1.86. The highest BCUT2D eigenvalue weighted by Crippen LogP contribution is 2.37. The SMILES string of the molecule is CCN(c1cccc(Cl)c1[N+](=O)[O-])C1COCC1C(=O)O. The van der Waals surface area contributed by atoms with Crippen LogP contribution in [0.5, 0.6) is 0 Å². The third-order valence-corrected chi connectivity index (χ3v) is 3.87. The van der Waals surface area contributed by atoms with Gasteiger partial charge in [-0.2, -0.15) is 0 Å². The lowest BCUT2D eigenvalue weighted by Gasteiger charge is -2.31. The molecule has 2 rings (SSSR count). The number of hydrogen-bond donors (Lipinski definition) is 1. The zero-order chi connectivity index (χ0) is 15.6. The molecule has 1 N–H and O–H groups in total. The Morgan fingerprint density at radius 2 is 2.29 bits per heavy atom. The number of nitrogens with zero attached hydrogens (tertiary/aromatic N) is 2. The van der Waals surface area contributed by atoms with Crippen LogP contribution < -0.4 is 4.90 Å². The maximum Gasteiger partial charge on any atom is 0.311 e. The van der Waals surface area contributed by atoms with E-state index in [0.29, 0.717) is 12.2 Å². The lowest BCUT2D eigenvalue weighted by molar-refractivity contribution is -0.384. The third-order valence-electron chi connectivity index (χ3n) is 3.57. The summed E-state index contributed by atoms with van der Waals surface area (Å²) in [6.45, 7) is 2.54. The summed E-state index contributed by atoms with van der Waals surface area (Å²) >= 11 is 5.92. The minimum absolute atomic E-state index is 0.0294. The van der Waals surface area contributed by atoms with Gasteiger partial charge in [0.15, 0.2) is 0 Å². The molecule has 7 nitrogen and oxygen atoms in total. The predicted octanol–water partition coefficient (Wildman–Crippen LogP) is 2.17. The maximum absolute atomic E-state index is 11.3. The minimum atomic E-state index is -0.972. The number of rotatable bonds is 5. The number of halogens is 1. The molecule has 1 saturated heterocycles. The smallest absolute Gasteiger partial charge is 0.311 e. The van der Waals surface area contributed by atoms with E-state index in [1.165, 1.54) is 6.07 Å². The summed E-state index contributed by atoms with van der Waals surface area (Å²) in [4.78, 5) is 23.6. The fourth-order valence-corrected chi connectivity index (χ4v) is 2.82. The van der Waals surface area contributed by atoms with Crippen molar-refractivity contribution in [1.29, 1.82) is 0 Å². The van der Waals surface area contributed by atoms with Gasteiger partial charge < -0.3 is 14.7 Å². The zero-order valence-electron chi connectivity index (χ0n) is 11.4. The molecule has 1 aromatic rings. The first-order chi connectivity index (χ1) is 9.97. The summed E-state index contributed by atoms with van der Waals surface area (Å²) in [5, 5.41) is 20.5. The number of aliphatic carboxylic acids is 1. The molecule has 8 heteroatoms. The Balaban J connectivity index is 2.45. The van der Waals surface area contributed by atoms with Gasteiger partial charge in [-0.1, -0.05) is 17.7 Å². The summed E-state index contributed by atoms with van der Waals surface area (Å²) in [7, 11) is 0. The average molecular weight is 315 g/mol. The van der Waals surface area contributed by atoms with Crippen LogP contribution in [-0.4, -0.2) is 41.8 Å². The Labute approximate surface area is 126 Å². The number of hydrogen-bond acceptors (Lipinski definition) is 5. The van der Waals surface area contributed by atoms with Gasteiger partial charge in [-0.15, -0.1) is 0 Å². The van der Waals surface area contributed by atoms with Crippen molar-refractivity contribution >= 4 is 28.9 Å². The van der Waals surface area contributed by atoms with Crippen molar-refractivity contribution in [2.24, 2.45) is 5.92 Å². The number of carboxylic acid groups (broad SMARTS) is 1. The predicted molar refractivity (Wildman–Crippen MR) is 76.9 cm³/mol. The van der Waals surface area contributed by atoms with Gasteiger partial charge in [0.1, 0.15) is 16.6 Å². The Kier molecular flexibility index (Phi) is 4.64. The molecule has 2 unspecified atom stereocenters. The molecule has 114 valence electrons. The van der Waals surface area contributed by atoms with Crippen molar-refractivity contribution in [3.63, 3.8) is 0 Å². The van der Waals surface area contributed by atoms with Crippen LogP contribution in [-0.2, 0) is 9.53 Å². The summed E-state index contributed by atoms with van der Waals surface area (Å²) in [5.41, 5.74) is 0.105. The molecule has 1 aliphatic rings. The van der Waals surface area contributed by atoms with Gasteiger partial charge >= 0.3 is 11.7 Å². The van der Waals surface area contributed by atoms with Gasteiger partial charge in [0.05, 0.1) is 24.2 Å². The minimum Gasteiger partial charge on any atom is -0.481 e. The molecule has 0 aliphatic carbocycles. The average Bonchev–Trinajstić information content (AvgIpc) is 2.88. The van der Waals surface area contributed by atoms with E-state index in [9.17, 15) is 20.0 Å². The van der Waals surface area contributed by atoms with Gasteiger partial charge in [0.2, 0.25) is 0 Å². The number of para-hydroxylation sites is 1. The van der Waals surface area contributed by atoms with Crippen molar-refractivity contribution in [2.45, 2.75) is 13.0 Å². The van der Waals surface area contributed by atoms with E-state index in [0.717, 1.165) is 0 Å². The van der Waals surface area contributed by atoms with E-state index in [-0.39, 0.29) is 23.9 Å². The highest BCUT2D eigenvalue weighted by atomic mass is 35.5. The molecule has 0 bridgehead atoms. The largest absolute Gasteiger partial charge is 0.481 e. The van der Waals surface area contributed by atoms with Crippen LogP contribution in [0.3, 0.4) is 0 Å². The van der Waals surface area contributed by atoms with Crippen LogP contribution >= 0.6 is 11.6 Å². The zero-order valence-corrected chi connectivity index (χ0v) is 12.1. The highest BCUT2D eigenvalue weighted by molar-refractivity contribution is 6.33. The van der Waals surface area contributed by atoms with Gasteiger partial charge in [-0.25, -0.2) is 0 Å². The van der Waals surface area contributed by atoms with E-state index < -0.39 is 22.9 Å². The topological polar surface area (TPSA) is 92.9 Å². The quantitative estimate of drug-likeness (QED) is 0.661. The molecular weight excluding hydrogens is 300 g/mol. The van der Waals surface area contributed by atoms with Gasteiger partial charge in [0.25, 0.3) is 0 Å². The van der Waals surface area contributed by atoms with Crippen LogP contribution in [0.4, 0.5) is 11.4 Å². The van der Waals surface area contributed by atoms with Crippen LogP contribution in [0.1, 0.15) is 6.92 Å². The molecule has 2 atom stereocenters. The number of nitro benzene ring substituents is 1. The van der Waals surface area contributed by atoms with Crippen LogP contribution in [0, 0.1) is 16.0 Å². The van der Waals surface area contributed by atoms with Crippen LogP contribution in [0.25, 0.3) is 0 Å². The van der Waals surface area contributed by atoms with Gasteiger partial charge in [-0.05, 0) is 19.1 Å². The van der Waals surface area contributed by atoms with E-state index in [2.05, 4.69) is 0 Å². The van der Waals surface area contributed by atoms with Crippen molar-refractivity contribution in [2.75, 3.05) is 24.7 Å². The molecule has 0 radical (unpaired) electrons. The highest BCUT2D eigenvalue weighted by Gasteiger charge is 2.39. The Morgan fingerprint density at radius 1 is 1.57 bits per heavy atom. The number of likely N-dealkylation sites (N-methyl/N-ethyl adjacent to an activating group) is 1. The molecular formula is C13H15ClN2O5. The normalized spacial score (nSPS) is 21.2. The van der Waals surface area contributed by atoms with E-state index >= 15 is 0 Å². The molecule has 0 spiro atoms. The molecule has 1 aliphatic heterocycles. The molecule has 0 amide bonds. The molecule has 1 fully saturated rings. The summed E-state index contributed by atoms with van der Waals surface area (Å²) in [6, 6.07) is 4.17. The number of benzene rings is 1. The van der Waals surface area contributed by atoms with E-state index in [1.807, 2.05) is 6.92 Å². The van der Waals surface area contributed by atoms with Crippen LogP contribution in [0.15, 0.2) is 18.2 Å². The fourth-order valence-electron chi connectivity index (χ4n) is 2.59. The summed E-state index contributed by atoms with van der Waals surface area (Å²) in [6.07, 6.45) is 0. The first-order valence-electron chi connectivity index (χ1n) is 6.47. The molecule has 0 saturated carbocycles. The second kappa shape index (κ2) is 6.28. The fraction of sp³-hybridized carbons (Fsp3) is 0.462. The number of nitro groups is 1. The number of anilines is 1. The maximum atomic E-state index is 11.3. The van der Waals surface area contributed by atoms with Crippen molar-refractivity contribution < 1.29 is 19.6 Å². The summed E-state index contributed by atoms with van der Waals surface area (Å²) < 4.78 is 5.24. The second-order valence-corrected chi connectivity index (χ2v) is 5.11. The Morgan fingerprint density at radius 3 is 2.86 bits per heavy atom. The molecule has 1 heterocycles. The lowest BCUT2D eigenvalue weighted by Crippen LogP contribution is -2.43. The summed E-state index contributed by atoms with van der Waals surface area (Å²) in [5.74, 6) is -1.69. The van der Waals surface area contributed by atoms with Crippen molar-refractivity contribution in [3.8, 4) is 0 Å². The number of carboxylic acids is 1. The molecule has 21 heavy (non-hydrogen) atoms. The van der Waals surface area contributed by atoms with Gasteiger partial charge in [-0.3, -0.25) is 14.9 Å². The first kappa shape index (κ1) is 15.5. The second-order valence-electron chi connectivity index (χ2n) is 4.70. The molecule has 1 aromatic carbocycles. The number of ether oxygens (including phenoxy) is 1. The van der Waals surface area contributed by atoms with Crippen molar-refractivity contribution in [3.05, 3.63) is 33.3 Å². The lowest BCUT2D eigenvalue weighted by atomic mass is 10.0. The Bertz CT molecular complexity index is 565. The number of carbonyl (C=O) groups is 1. The monoisotopic (exact) mass is 314 g/mol. The standard InChI is InChI=1S/C13H15ClN2O5/c1-2-15(11-7-21-6-8(11)13(17)18)10-5-3-4-9(14)12(10)16(19)20/h3-5,8,11H,2,6-7H2,1H3,(H,17,18).